The van der Waals surface area contributed by atoms with Gasteiger partial charge in [0.1, 0.15) is 0 Å². The van der Waals surface area contributed by atoms with Gasteiger partial charge in [-0.15, -0.1) is 0 Å². The van der Waals surface area contributed by atoms with E-state index in [0.717, 1.165) is 6.54 Å². The number of nitrogens with one attached hydrogen (secondary N) is 1. The monoisotopic (exact) mass is 264 g/mol. The molecule has 1 N–H and O–H groups in total. The Morgan fingerprint density at radius 1 is 1.33 bits per heavy atom. The molecule has 1 aromatic heterocycles. The number of thioether (sulfide) groups is 1. The topological polar surface area (TPSA) is 24.9 Å². The molecule has 0 saturated heterocycles. The van der Waals surface area contributed by atoms with Crippen molar-refractivity contribution < 1.29 is 0 Å². The van der Waals surface area contributed by atoms with Crippen LogP contribution in [0.4, 0.5) is 0 Å². The van der Waals surface area contributed by atoms with Gasteiger partial charge >= 0.3 is 0 Å². The maximum absolute atomic E-state index is 4.51. The minimum Gasteiger partial charge on any atom is -0.309 e. The molecule has 1 unspecified atom stereocenters. The zero-order valence-electron chi connectivity index (χ0n) is 11.3. The molecule has 100 valence electrons. The number of aryl methyl sites for hydroxylation is 1. The molecule has 1 aromatic rings. The molecule has 1 heterocycles. The molecule has 2 nitrogen and oxygen atoms in total. The second kappa shape index (κ2) is 7.80. The van der Waals surface area contributed by atoms with Crippen LogP contribution in [0.5, 0.6) is 0 Å². The van der Waals surface area contributed by atoms with E-state index in [1.165, 1.54) is 55.5 Å². The van der Waals surface area contributed by atoms with Crippen LogP contribution in [0.2, 0.25) is 0 Å². The highest BCUT2D eigenvalue weighted by molar-refractivity contribution is 7.98. The average Bonchev–Trinajstić information content (AvgIpc) is 2.81. The van der Waals surface area contributed by atoms with E-state index in [0.29, 0.717) is 6.04 Å². The Balaban J connectivity index is 1.61. The molecule has 18 heavy (non-hydrogen) atoms. The first-order chi connectivity index (χ1) is 8.92. The Kier molecular flexibility index (Phi) is 6.01. The van der Waals surface area contributed by atoms with Crippen LogP contribution in [0.3, 0.4) is 0 Å². The average molecular weight is 264 g/mol. The molecule has 2 rings (SSSR count). The Morgan fingerprint density at radius 2 is 2.22 bits per heavy atom. The van der Waals surface area contributed by atoms with Gasteiger partial charge in [-0.05, 0) is 55.9 Å². The van der Waals surface area contributed by atoms with Crippen LogP contribution in [0.25, 0.3) is 0 Å². The van der Waals surface area contributed by atoms with Crippen LogP contribution in [0.15, 0.2) is 18.3 Å². The predicted molar refractivity (Wildman–Crippen MR) is 80.2 cm³/mol. The lowest BCUT2D eigenvalue weighted by Gasteiger charge is -2.12. The van der Waals surface area contributed by atoms with E-state index < -0.39 is 0 Å². The van der Waals surface area contributed by atoms with E-state index >= 15 is 0 Å². The van der Waals surface area contributed by atoms with Crippen molar-refractivity contribution in [1.82, 2.24) is 10.3 Å². The molecule has 1 aliphatic carbocycles. The number of hydrogen-bond donors (Lipinski definition) is 1. The summed E-state index contributed by atoms with van der Waals surface area (Å²) in [6.07, 6.45) is 11.9. The largest absolute Gasteiger partial charge is 0.309 e. The van der Waals surface area contributed by atoms with Crippen molar-refractivity contribution in [3.05, 3.63) is 29.6 Å². The van der Waals surface area contributed by atoms with Gasteiger partial charge < -0.3 is 5.32 Å². The fourth-order valence-corrected chi connectivity index (χ4v) is 3.11. The summed E-state index contributed by atoms with van der Waals surface area (Å²) in [7, 11) is 0. The minimum absolute atomic E-state index is 0.507. The molecule has 0 radical (unpaired) electrons. The maximum atomic E-state index is 4.51. The molecule has 0 spiro atoms. The second-order valence-corrected chi connectivity index (χ2v) is 5.99. The predicted octanol–water partition coefficient (Wildman–Crippen LogP) is 3.58. The molecule has 0 aliphatic heterocycles. The van der Waals surface area contributed by atoms with Gasteiger partial charge in [-0.2, -0.15) is 11.8 Å². The van der Waals surface area contributed by atoms with Gasteiger partial charge in [0.05, 0.1) is 11.7 Å². The lowest BCUT2D eigenvalue weighted by Crippen LogP contribution is -2.21. The van der Waals surface area contributed by atoms with Crippen LogP contribution in [0.1, 0.15) is 49.4 Å². The van der Waals surface area contributed by atoms with Crippen LogP contribution in [0, 0.1) is 0 Å². The molecular formula is C15H24N2S. The highest BCUT2D eigenvalue weighted by atomic mass is 32.2. The molecular weight excluding hydrogens is 240 g/mol. The van der Waals surface area contributed by atoms with Gasteiger partial charge in [0.15, 0.2) is 0 Å². The van der Waals surface area contributed by atoms with Crippen molar-refractivity contribution in [2.24, 2.45) is 0 Å². The summed E-state index contributed by atoms with van der Waals surface area (Å²) >= 11 is 1.95. The number of rotatable bonds is 8. The third kappa shape index (κ3) is 3.99. The van der Waals surface area contributed by atoms with E-state index in [9.17, 15) is 0 Å². The van der Waals surface area contributed by atoms with Gasteiger partial charge in [-0.3, -0.25) is 4.98 Å². The highest BCUT2D eigenvalue weighted by Crippen LogP contribution is 2.28. The summed E-state index contributed by atoms with van der Waals surface area (Å²) in [5.74, 6) is 1.31. The molecule has 0 aromatic carbocycles. The Morgan fingerprint density at radius 3 is 3.11 bits per heavy atom. The van der Waals surface area contributed by atoms with Crippen molar-refractivity contribution in [1.29, 1.82) is 0 Å². The van der Waals surface area contributed by atoms with Crippen molar-refractivity contribution in [2.45, 2.75) is 44.6 Å². The molecule has 3 heteroatoms. The highest BCUT2D eigenvalue weighted by Gasteiger charge is 2.22. The lowest BCUT2D eigenvalue weighted by molar-refractivity contribution is 0.500. The SMILES string of the molecule is CSCCCCCCNC1CCc2cccnc21. The fourth-order valence-electron chi connectivity index (χ4n) is 2.61. The van der Waals surface area contributed by atoms with E-state index in [2.05, 4.69) is 22.6 Å². The van der Waals surface area contributed by atoms with E-state index in [4.69, 9.17) is 0 Å². The van der Waals surface area contributed by atoms with Gasteiger partial charge in [0, 0.05) is 6.20 Å². The van der Waals surface area contributed by atoms with Gasteiger partial charge in [-0.1, -0.05) is 18.9 Å². The number of unbranched alkanes of at least 4 members (excludes halogenated alkanes) is 3. The summed E-state index contributed by atoms with van der Waals surface area (Å²) in [5.41, 5.74) is 2.73. The molecule has 1 aliphatic rings. The van der Waals surface area contributed by atoms with E-state index in [-0.39, 0.29) is 0 Å². The molecule has 0 fully saturated rings. The summed E-state index contributed by atoms with van der Waals surface area (Å²) in [4.78, 5) is 4.51. The van der Waals surface area contributed by atoms with Crippen LogP contribution < -0.4 is 5.32 Å². The molecule has 1 atom stereocenters. The first-order valence-corrected chi connectivity index (χ1v) is 8.47. The lowest BCUT2D eigenvalue weighted by atomic mass is 10.2. The summed E-state index contributed by atoms with van der Waals surface area (Å²) in [6, 6.07) is 4.77. The molecule has 0 saturated carbocycles. The fraction of sp³-hybridized carbons (Fsp3) is 0.667. The van der Waals surface area contributed by atoms with Crippen molar-refractivity contribution in [2.75, 3.05) is 18.6 Å². The Bertz CT molecular complexity index is 354. The standard InChI is InChI=1S/C15H24N2S/c1-18-12-5-3-2-4-10-16-14-9-8-13-7-6-11-17-15(13)14/h6-7,11,14,16H,2-5,8-10,12H2,1H3. The smallest absolute Gasteiger partial charge is 0.0605 e. The maximum Gasteiger partial charge on any atom is 0.0605 e. The van der Waals surface area contributed by atoms with Gasteiger partial charge in [-0.25, -0.2) is 0 Å². The first kappa shape index (κ1) is 13.9. The van der Waals surface area contributed by atoms with Crippen LogP contribution >= 0.6 is 11.8 Å². The number of hydrogen-bond acceptors (Lipinski definition) is 3. The number of nitrogens with zero attached hydrogens (tertiary/aromatic N) is 1. The number of aromatic nitrogens is 1. The summed E-state index contributed by atoms with van der Waals surface area (Å²) in [6.45, 7) is 1.14. The minimum atomic E-state index is 0.507. The Labute approximate surface area is 115 Å². The molecule has 0 bridgehead atoms. The third-order valence-corrected chi connectivity index (χ3v) is 4.32. The van der Waals surface area contributed by atoms with Crippen molar-refractivity contribution in [3.63, 3.8) is 0 Å². The Hall–Kier alpha value is -0.540. The van der Waals surface area contributed by atoms with Crippen LogP contribution in [-0.4, -0.2) is 23.5 Å². The van der Waals surface area contributed by atoms with Crippen molar-refractivity contribution >= 4 is 11.8 Å². The first-order valence-electron chi connectivity index (χ1n) is 7.08. The van der Waals surface area contributed by atoms with Crippen molar-refractivity contribution in [3.8, 4) is 0 Å². The normalized spacial score (nSPS) is 17.9. The third-order valence-electron chi connectivity index (χ3n) is 3.62. The zero-order valence-corrected chi connectivity index (χ0v) is 12.1. The second-order valence-electron chi connectivity index (χ2n) is 5.00. The van der Waals surface area contributed by atoms with Gasteiger partial charge in [0.2, 0.25) is 0 Å². The quantitative estimate of drug-likeness (QED) is 0.726. The van der Waals surface area contributed by atoms with Gasteiger partial charge in [0.25, 0.3) is 0 Å². The van der Waals surface area contributed by atoms with E-state index in [1.807, 2.05) is 24.0 Å². The number of fused-ring (bicyclic) bond motifs is 1. The number of pyridine rings is 1. The summed E-state index contributed by atoms with van der Waals surface area (Å²) < 4.78 is 0. The molecule has 0 amide bonds. The summed E-state index contributed by atoms with van der Waals surface area (Å²) in [5, 5.41) is 3.66. The van der Waals surface area contributed by atoms with E-state index in [1.54, 1.807) is 0 Å². The van der Waals surface area contributed by atoms with Crippen LogP contribution in [-0.2, 0) is 6.42 Å². The zero-order chi connectivity index (χ0) is 12.6.